The number of carbonyl (C=O) groups excluding carboxylic acids is 1. The molecule has 2 unspecified atom stereocenters. The fourth-order valence-corrected chi connectivity index (χ4v) is 2.96. The molecule has 0 bridgehead atoms. The molecule has 1 heterocycles. The van der Waals surface area contributed by atoms with E-state index in [9.17, 15) is 4.79 Å². The Morgan fingerprint density at radius 3 is 2.76 bits per heavy atom. The average molecular weight is 289 g/mol. The molecule has 1 aliphatic rings. The van der Waals surface area contributed by atoms with Crippen molar-refractivity contribution < 1.29 is 4.79 Å². The number of likely N-dealkylation sites (N-methyl/N-ethyl adjacent to an activating group) is 1. The van der Waals surface area contributed by atoms with Crippen LogP contribution in [0.3, 0.4) is 0 Å². The molecule has 0 saturated carbocycles. The van der Waals surface area contributed by atoms with E-state index in [1.165, 1.54) is 18.4 Å². The summed E-state index contributed by atoms with van der Waals surface area (Å²) in [7, 11) is 0. The lowest BCUT2D eigenvalue weighted by Crippen LogP contribution is -2.47. The molecule has 1 aliphatic heterocycles. The standard InChI is InChI=1S/C17H27N3O/c1-3-20-11-5-4-6-15(20)12-19-17(21)16(18)14-9-7-13(2)8-10-14/h7-10,15-16H,3-6,11-12,18H2,1-2H3,(H,19,21). The number of amides is 1. The van der Waals surface area contributed by atoms with Crippen LogP contribution < -0.4 is 11.1 Å². The third kappa shape index (κ3) is 4.29. The van der Waals surface area contributed by atoms with Crippen molar-refractivity contribution >= 4 is 5.91 Å². The Labute approximate surface area is 127 Å². The number of rotatable bonds is 5. The van der Waals surface area contributed by atoms with Crippen molar-refractivity contribution in [3.63, 3.8) is 0 Å². The zero-order chi connectivity index (χ0) is 15.2. The molecule has 0 aliphatic carbocycles. The SMILES string of the molecule is CCN1CCCCC1CNC(=O)C(N)c1ccc(C)cc1. The maximum Gasteiger partial charge on any atom is 0.241 e. The van der Waals surface area contributed by atoms with Gasteiger partial charge in [-0.25, -0.2) is 0 Å². The number of aryl methyl sites for hydroxylation is 1. The van der Waals surface area contributed by atoms with Gasteiger partial charge in [-0.15, -0.1) is 0 Å². The molecule has 21 heavy (non-hydrogen) atoms. The molecule has 0 radical (unpaired) electrons. The number of likely N-dealkylation sites (tertiary alicyclic amines) is 1. The predicted molar refractivity (Wildman–Crippen MR) is 86.0 cm³/mol. The Kier molecular flexibility index (Phi) is 5.76. The number of carbonyl (C=O) groups is 1. The first-order valence-electron chi connectivity index (χ1n) is 7.95. The summed E-state index contributed by atoms with van der Waals surface area (Å²) in [4.78, 5) is 14.7. The van der Waals surface area contributed by atoms with Crippen LogP contribution in [0.4, 0.5) is 0 Å². The molecule has 2 rings (SSSR count). The summed E-state index contributed by atoms with van der Waals surface area (Å²) >= 11 is 0. The monoisotopic (exact) mass is 289 g/mol. The third-order valence-corrected chi connectivity index (χ3v) is 4.39. The summed E-state index contributed by atoms with van der Waals surface area (Å²) in [5, 5.41) is 3.02. The molecule has 1 amide bonds. The second-order valence-electron chi connectivity index (χ2n) is 5.91. The van der Waals surface area contributed by atoms with E-state index in [0.717, 1.165) is 25.1 Å². The third-order valence-electron chi connectivity index (χ3n) is 4.39. The van der Waals surface area contributed by atoms with Crippen molar-refractivity contribution in [2.24, 2.45) is 5.73 Å². The number of nitrogens with zero attached hydrogens (tertiary/aromatic N) is 1. The number of benzene rings is 1. The highest BCUT2D eigenvalue weighted by atomic mass is 16.2. The minimum absolute atomic E-state index is 0.0829. The zero-order valence-electron chi connectivity index (χ0n) is 13.1. The molecule has 1 fully saturated rings. The fourth-order valence-electron chi connectivity index (χ4n) is 2.96. The van der Waals surface area contributed by atoms with Gasteiger partial charge in [-0.3, -0.25) is 9.69 Å². The van der Waals surface area contributed by atoms with Gasteiger partial charge >= 0.3 is 0 Å². The van der Waals surface area contributed by atoms with Crippen LogP contribution in [0.15, 0.2) is 24.3 Å². The minimum Gasteiger partial charge on any atom is -0.353 e. The predicted octanol–water partition coefficient (Wildman–Crippen LogP) is 1.99. The summed E-state index contributed by atoms with van der Waals surface area (Å²) in [5.74, 6) is -0.0829. The highest BCUT2D eigenvalue weighted by molar-refractivity contribution is 5.82. The van der Waals surface area contributed by atoms with Gasteiger partial charge < -0.3 is 11.1 Å². The number of piperidine rings is 1. The van der Waals surface area contributed by atoms with Gasteiger partial charge in [0.25, 0.3) is 0 Å². The number of nitrogens with one attached hydrogen (secondary N) is 1. The van der Waals surface area contributed by atoms with Crippen molar-refractivity contribution in [2.75, 3.05) is 19.6 Å². The van der Waals surface area contributed by atoms with Gasteiger partial charge in [0.2, 0.25) is 5.91 Å². The van der Waals surface area contributed by atoms with Crippen LogP contribution in [0.25, 0.3) is 0 Å². The molecule has 4 nitrogen and oxygen atoms in total. The molecule has 3 N–H and O–H groups in total. The summed E-state index contributed by atoms with van der Waals surface area (Å²) in [6, 6.07) is 7.71. The van der Waals surface area contributed by atoms with E-state index in [1.54, 1.807) is 0 Å². The molecule has 4 heteroatoms. The lowest BCUT2D eigenvalue weighted by atomic mass is 10.0. The van der Waals surface area contributed by atoms with Crippen LogP contribution in [0.2, 0.25) is 0 Å². The normalized spacial score (nSPS) is 21.0. The molecule has 116 valence electrons. The van der Waals surface area contributed by atoms with Crippen LogP contribution in [-0.4, -0.2) is 36.5 Å². The molecule has 0 spiro atoms. The Bertz CT molecular complexity index is 458. The lowest BCUT2D eigenvalue weighted by Gasteiger charge is -2.35. The smallest absolute Gasteiger partial charge is 0.241 e. The first-order valence-corrected chi connectivity index (χ1v) is 7.95. The Morgan fingerprint density at radius 2 is 2.10 bits per heavy atom. The van der Waals surface area contributed by atoms with Gasteiger partial charge in [0.1, 0.15) is 6.04 Å². The quantitative estimate of drug-likeness (QED) is 0.871. The van der Waals surface area contributed by atoms with Crippen molar-refractivity contribution in [1.29, 1.82) is 0 Å². The maximum absolute atomic E-state index is 12.2. The number of hydrogen-bond donors (Lipinski definition) is 2. The van der Waals surface area contributed by atoms with Gasteiger partial charge in [-0.2, -0.15) is 0 Å². The van der Waals surface area contributed by atoms with E-state index < -0.39 is 6.04 Å². The van der Waals surface area contributed by atoms with E-state index >= 15 is 0 Å². The van der Waals surface area contributed by atoms with Crippen LogP contribution in [-0.2, 0) is 4.79 Å². The summed E-state index contributed by atoms with van der Waals surface area (Å²) < 4.78 is 0. The van der Waals surface area contributed by atoms with Crippen LogP contribution in [0.5, 0.6) is 0 Å². The van der Waals surface area contributed by atoms with E-state index in [-0.39, 0.29) is 5.91 Å². The van der Waals surface area contributed by atoms with Gasteiger partial charge in [-0.1, -0.05) is 43.2 Å². The van der Waals surface area contributed by atoms with Crippen molar-refractivity contribution in [3.8, 4) is 0 Å². The molecule has 0 aromatic heterocycles. The van der Waals surface area contributed by atoms with Crippen molar-refractivity contribution in [3.05, 3.63) is 35.4 Å². The summed E-state index contributed by atoms with van der Waals surface area (Å²) in [6.45, 7) is 7.09. The molecular weight excluding hydrogens is 262 g/mol. The van der Waals surface area contributed by atoms with E-state index in [0.29, 0.717) is 12.6 Å². The number of nitrogens with two attached hydrogens (primary N) is 1. The second-order valence-corrected chi connectivity index (χ2v) is 5.91. The van der Waals surface area contributed by atoms with E-state index in [1.807, 2.05) is 31.2 Å². The Hall–Kier alpha value is -1.39. The van der Waals surface area contributed by atoms with Gasteiger partial charge in [0, 0.05) is 12.6 Å². The molecule has 1 saturated heterocycles. The zero-order valence-corrected chi connectivity index (χ0v) is 13.1. The first kappa shape index (κ1) is 16.0. The minimum atomic E-state index is -0.579. The topological polar surface area (TPSA) is 58.4 Å². The van der Waals surface area contributed by atoms with Crippen LogP contribution >= 0.6 is 0 Å². The van der Waals surface area contributed by atoms with Crippen LogP contribution in [0.1, 0.15) is 43.4 Å². The van der Waals surface area contributed by atoms with E-state index in [4.69, 9.17) is 5.73 Å². The maximum atomic E-state index is 12.2. The largest absolute Gasteiger partial charge is 0.353 e. The van der Waals surface area contributed by atoms with Crippen molar-refractivity contribution in [1.82, 2.24) is 10.2 Å². The Morgan fingerprint density at radius 1 is 1.38 bits per heavy atom. The molecule has 1 aromatic carbocycles. The summed E-state index contributed by atoms with van der Waals surface area (Å²) in [6.07, 6.45) is 3.68. The molecular formula is C17H27N3O. The van der Waals surface area contributed by atoms with Gasteiger partial charge in [0.15, 0.2) is 0 Å². The second kappa shape index (κ2) is 7.57. The van der Waals surface area contributed by atoms with Crippen molar-refractivity contribution in [2.45, 2.75) is 45.2 Å². The summed E-state index contributed by atoms with van der Waals surface area (Å²) in [5.41, 5.74) is 8.09. The first-order chi connectivity index (χ1) is 10.1. The number of hydrogen-bond acceptors (Lipinski definition) is 3. The lowest BCUT2D eigenvalue weighted by molar-refractivity contribution is -0.122. The highest BCUT2D eigenvalue weighted by Crippen LogP contribution is 2.16. The highest BCUT2D eigenvalue weighted by Gasteiger charge is 2.22. The molecule has 1 aromatic rings. The van der Waals surface area contributed by atoms with Crippen LogP contribution in [0, 0.1) is 6.92 Å². The molecule has 2 atom stereocenters. The average Bonchev–Trinajstić information content (AvgIpc) is 2.52. The Balaban J connectivity index is 1.87. The fraction of sp³-hybridized carbons (Fsp3) is 0.588. The van der Waals surface area contributed by atoms with Gasteiger partial charge in [-0.05, 0) is 38.4 Å². The van der Waals surface area contributed by atoms with Gasteiger partial charge in [0.05, 0.1) is 0 Å². The van der Waals surface area contributed by atoms with E-state index in [2.05, 4.69) is 17.1 Å².